The molecule has 2 rings (SSSR count). The van der Waals surface area contributed by atoms with E-state index in [1.807, 2.05) is 0 Å². The Morgan fingerprint density at radius 3 is 2.80 bits per heavy atom. The molecule has 0 radical (unpaired) electrons. The summed E-state index contributed by atoms with van der Waals surface area (Å²) in [7, 11) is 0. The lowest BCUT2D eigenvalue weighted by Crippen LogP contribution is -2.18. The largest absolute Gasteiger partial charge is 0.488 e. The summed E-state index contributed by atoms with van der Waals surface area (Å²) < 4.78 is 28.8. The molecule has 1 saturated heterocycles. The summed E-state index contributed by atoms with van der Waals surface area (Å²) in [5, 5.41) is 0. The van der Waals surface area contributed by atoms with Crippen molar-refractivity contribution in [1.82, 2.24) is 0 Å². The Balaban J connectivity index is 1.90. The highest BCUT2D eigenvalue weighted by molar-refractivity contribution is 5.27. The molecule has 0 N–H and O–H groups in total. The van der Waals surface area contributed by atoms with Crippen molar-refractivity contribution in [3.05, 3.63) is 29.6 Å². The third kappa shape index (κ3) is 2.67. The molecule has 1 aromatic carbocycles. The SMILES string of the molecule is Cc1ccc(OCC2OCCO2)cc1F. The van der Waals surface area contributed by atoms with Gasteiger partial charge in [0.25, 0.3) is 0 Å². The van der Waals surface area contributed by atoms with Gasteiger partial charge in [-0.1, -0.05) is 6.07 Å². The van der Waals surface area contributed by atoms with Crippen LogP contribution in [0.2, 0.25) is 0 Å². The zero-order chi connectivity index (χ0) is 10.7. The fraction of sp³-hybridized carbons (Fsp3) is 0.455. The first-order valence-corrected chi connectivity index (χ1v) is 4.88. The number of benzene rings is 1. The highest BCUT2D eigenvalue weighted by Gasteiger charge is 2.16. The summed E-state index contributed by atoms with van der Waals surface area (Å²) in [5.41, 5.74) is 0.607. The molecular weight excluding hydrogens is 199 g/mol. The zero-order valence-corrected chi connectivity index (χ0v) is 8.53. The fourth-order valence-electron chi connectivity index (χ4n) is 1.33. The molecule has 4 heteroatoms. The van der Waals surface area contributed by atoms with Gasteiger partial charge in [0.05, 0.1) is 13.2 Å². The number of halogens is 1. The van der Waals surface area contributed by atoms with Crippen LogP contribution in [0.15, 0.2) is 18.2 Å². The Morgan fingerprint density at radius 1 is 1.40 bits per heavy atom. The third-order valence-corrected chi connectivity index (χ3v) is 2.22. The molecule has 0 aliphatic carbocycles. The molecule has 1 aliphatic rings. The molecular formula is C11H13FO3. The molecule has 0 bridgehead atoms. The van der Waals surface area contributed by atoms with Crippen molar-refractivity contribution in [1.29, 1.82) is 0 Å². The zero-order valence-electron chi connectivity index (χ0n) is 8.53. The Labute approximate surface area is 87.8 Å². The molecule has 0 amide bonds. The van der Waals surface area contributed by atoms with Crippen LogP contribution in [-0.2, 0) is 9.47 Å². The van der Waals surface area contributed by atoms with E-state index in [1.54, 1.807) is 19.1 Å². The van der Waals surface area contributed by atoms with Crippen LogP contribution in [0.5, 0.6) is 5.75 Å². The maximum Gasteiger partial charge on any atom is 0.191 e. The number of aryl methyl sites for hydroxylation is 1. The lowest BCUT2D eigenvalue weighted by atomic mass is 10.2. The van der Waals surface area contributed by atoms with Gasteiger partial charge in [-0.15, -0.1) is 0 Å². The summed E-state index contributed by atoms with van der Waals surface area (Å²) in [6.07, 6.45) is -0.325. The van der Waals surface area contributed by atoms with Crippen molar-refractivity contribution in [2.75, 3.05) is 19.8 Å². The monoisotopic (exact) mass is 212 g/mol. The first-order chi connectivity index (χ1) is 7.25. The first kappa shape index (κ1) is 10.4. The van der Waals surface area contributed by atoms with Gasteiger partial charge < -0.3 is 14.2 Å². The van der Waals surface area contributed by atoms with Crippen LogP contribution in [0.25, 0.3) is 0 Å². The Morgan fingerprint density at radius 2 is 2.13 bits per heavy atom. The van der Waals surface area contributed by atoms with Crippen molar-refractivity contribution in [3.63, 3.8) is 0 Å². The molecule has 0 atom stereocenters. The van der Waals surface area contributed by atoms with E-state index in [-0.39, 0.29) is 12.1 Å². The minimum atomic E-state index is -0.325. The smallest absolute Gasteiger partial charge is 0.191 e. The van der Waals surface area contributed by atoms with Gasteiger partial charge >= 0.3 is 0 Å². The van der Waals surface area contributed by atoms with E-state index < -0.39 is 0 Å². The summed E-state index contributed by atoms with van der Waals surface area (Å²) in [5.74, 6) is 0.234. The second-order valence-electron chi connectivity index (χ2n) is 3.39. The molecule has 3 nitrogen and oxygen atoms in total. The molecule has 82 valence electrons. The van der Waals surface area contributed by atoms with Gasteiger partial charge in [-0.05, 0) is 18.6 Å². The van der Waals surface area contributed by atoms with Gasteiger partial charge in [0.15, 0.2) is 6.29 Å². The van der Waals surface area contributed by atoms with E-state index in [9.17, 15) is 4.39 Å². The molecule has 0 aromatic heterocycles. The van der Waals surface area contributed by atoms with Crippen LogP contribution in [-0.4, -0.2) is 26.1 Å². The van der Waals surface area contributed by atoms with E-state index >= 15 is 0 Å². The minimum absolute atomic E-state index is 0.263. The second kappa shape index (κ2) is 4.59. The summed E-state index contributed by atoms with van der Waals surface area (Å²) >= 11 is 0. The van der Waals surface area contributed by atoms with E-state index in [1.165, 1.54) is 6.07 Å². The maximum atomic E-state index is 13.1. The molecule has 1 fully saturated rings. The van der Waals surface area contributed by atoms with E-state index in [0.29, 0.717) is 31.1 Å². The molecule has 15 heavy (non-hydrogen) atoms. The van der Waals surface area contributed by atoms with Gasteiger partial charge in [0, 0.05) is 6.07 Å². The van der Waals surface area contributed by atoms with Crippen LogP contribution >= 0.6 is 0 Å². The van der Waals surface area contributed by atoms with Crippen LogP contribution in [0.4, 0.5) is 4.39 Å². The lowest BCUT2D eigenvalue weighted by Gasteiger charge is -2.11. The number of hydrogen-bond donors (Lipinski definition) is 0. The van der Waals surface area contributed by atoms with Crippen LogP contribution in [0.3, 0.4) is 0 Å². The van der Waals surface area contributed by atoms with Crippen molar-refractivity contribution in [3.8, 4) is 5.75 Å². The second-order valence-corrected chi connectivity index (χ2v) is 3.39. The van der Waals surface area contributed by atoms with E-state index in [4.69, 9.17) is 14.2 Å². The Bertz CT molecular complexity index is 335. The van der Waals surface area contributed by atoms with Crippen molar-refractivity contribution in [2.24, 2.45) is 0 Å². The average molecular weight is 212 g/mol. The summed E-state index contributed by atoms with van der Waals surface area (Å²) in [6.45, 7) is 3.19. The number of ether oxygens (including phenoxy) is 3. The number of hydrogen-bond acceptors (Lipinski definition) is 3. The van der Waals surface area contributed by atoms with Crippen molar-refractivity contribution in [2.45, 2.75) is 13.2 Å². The van der Waals surface area contributed by atoms with Gasteiger partial charge in [0.2, 0.25) is 0 Å². The van der Waals surface area contributed by atoms with Crippen LogP contribution < -0.4 is 4.74 Å². The highest BCUT2D eigenvalue weighted by atomic mass is 19.1. The first-order valence-electron chi connectivity index (χ1n) is 4.88. The van der Waals surface area contributed by atoms with E-state index in [2.05, 4.69) is 0 Å². The molecule has 0 spiro atoms. The van der Waals surface area contributed by atoms with Gasteiger partial charge in [0.1, 0.15) is 18.2 Å². The lowest BCUT2D eigenvalue weighted by molar-refractivity contribution is -0.0684. The van der Waals surface area contributed by atoms with Crippen molar-refractivity contribution < 1.29 is 18.6 Å². The number of rotatable bonds is 3. The molecule has 0 unspecified atom stereocenters. The van der Waals surface area contributed by atoms with Gasteiger partial charge in [-0.2, -0.15) is 0 Å². The highest BCUT2D eigenvalue weighted by Crippen LogP contribution is 2.16. The summed E-state index contributed by atoms with van der Waals surface area (Å²) in [6, 6.07) is 4.78. The van der Waals surface area contributed by atoms with Gasteiger partial charge in [-0.3, -0.25) is 0 Å². The molecule has 1 aromatic rings. The molecule has 0 saturated carbocycles. The molecule has 1 heterocycles. The standard InChI is InChI=1S/C11H13FO3/c1-8-2-3-9(6-10(8)12)15-7-11-13-4-5-14-11/h2-3,6,11H,4-5,7H2,1H3. The Hall–Kier alpha value is -1.13. The Kier molecular flexibility index (Phi) is 3.18. The van der Waals surface area contributed by atoms with Crippen LogP contribution in [0, 0.1) is 12.7 Å². The molecule has 1 aliphatic heterocycles. The third-order valence-electron chi connectivity index (χ3n) is 2.22. The van der Waals surface area contributed by atoms with E-state index in [0.717, 1.165) is 0 Å². The average Bonchev–Trinajstić information content (AvgIpc) is 2.73. The van der Waals surface area contributed by atoms with Gasteiger partial charge in [-0.25, -0.2) is 4.39 Å². The topological polar surface area (TPSA) is 27.7 Å². The fourth-order valence-corrected chi connectivity index (χ4v) is 1.33. The quantitative estimate of drug-likeness (QED) is 0.765. The summed E-state index contributed by atoms with van der Waals surface area (Å²) in [4.78, 5) is 0. The maximum absolute atomic E-state index is 13.1. The predicted molar refractivity (Wildman–Crippen MR) is 52.3 cm³/mol. The minimum Gasteiger partial charge on any atom is -0.488 e. The van der Waals surface area contributed by atoms with Crippen molar-refractivity contribution >= 4 is 0 Å². The van der Waals surface area contributed by atoms with Crippen LogP contribution in [0.1, 0.15) is 5.56 Å². The normalized spacial score (nSPS) is 16.9. The predicted octanol–water partition coefficient (Wildman–Crippen LogP) is 1.89.